The van der Waals surface area contributed by atoms with Crippen LogP contribution in [0.5, 0.6) is 11.5 Å². The quantitative estimate of drug-likeness (QED) is 0.381. The van der Waals surface area contributed by atoms with Gasteiger partial charge in [0, 0.05) is 11.8 Å². The molecular weight excluding hydrogens is 564 g/mol. The number of aliphatic carboxylic acids is 1. The summed E-state index contributed by atoms with van der Waals surface area (Å²) < 4.78 is 97.0. The first-order valence-electron chi connectivity index (χ1n) is 12.0. The van der Waals surface area contributed by atoms with E-state index in [0.717, 1.165) is 35.7 Å². The minimum atomic E-state index is -4.85. The van der Waals surface area contributed by atoms with Crippen LogP contribution < -0.4 is 19.1 Å². The zero-order valence-electron chi connectivity index (χ0n) is 21.9. The van der Waals surface area contributed by atoms with Crippen LogP contribution in [0, 0.1) is 11.7 Å². The number of rotatable bonds is 9. The summed E-state index contributed by atoms with van der Waals surface area (Å²) in [6, 6.07) is 6.57. The van der Waals surface area contributed by atoms with Crippen LogP contribution in [0.1, 0.15) is 33.6 Å². The summed E-state index contributed by atoms with van der Waals surface area (Å²) in [5, 5.41) is 11.6. The summed E-state index contributed by atoms with van der Waals surface area (Å²) >= 11 is 0. The number of carbonyl (C=O) groups excluding carboxylic acids is 1. The molecule has 0 fully saturated rings. The number of nitrogens with zero attached hydrogens (tertiary/aromatic N) is 1. The van der Waals surface area contributed by atoms with Gasteiger partial charge in [0.2, 0.25) is 5.60 Å². The highest BCUT2D eigenvalue weighted by molar-refractivity contribution is 7.92. The molecule has 0 radical (unpaired) electrons. The first-order valence-corrected chi connectivity index (χ1v) is 13.4. The zero-order valence-corrected chi connectivity index (χ0v) is 22.7. The van der Waals surface area contributed by atoms with Gasteiger partial charge in [0.1, 0.15) is 11.9 Å². The molecule has 0 unspecified atom stereocenters. The van der Waals surface area contributed by atoms with Gasteiger partial charge in [-0.05, 0) is 57.0 Å². The van der Waals surface area contributed by atoms with Crippen LogP contribution in [0.4, 0.5) is 33.7 Å². The van der Waals surface area contributed by atoms with E-state index in [2.05, 4.69) is 10.1 Å². The maximum absolute atomic E-state index is 14.0. The first kappa shape index (κ1) is 30.8. The molecule has 1 amide bonds. The minimum Gasteiger partial charge on any atom is -0.494 e. The Labute approximate surface area is 227 Å². The lowest BCUT2D eigenvalue weighted by Crippen LogP contribution is -2.45. The van der Waals surface area contributed by atoms with Crippen molar-refractivity contribution in [1.29, 1.82) is 0 Å². The number of alkyl halides is 3. The second-order valence-electron chi connectivity index (χ2n) is 9.46. The van der Waals surface area contributed by atoms with E-state index in [1.54, 1.807) is 6.92 Å². The lowest BCUT2D eigenvalue weighted by atomic mass is 9.98. The van der Waals surface area contributed by atoms with Crippen LogP contribution in [0.15, 0.2) is 41.3 Å². The van der Waals surface area contributed by atoms with Crippen molar-refractivity contribution >= 4 is 33.5 Å². The smallest absolute Gasteiger partial charge is 0.427 e. The fraction of sp³-hybridized carbons (Fsp3) is 0.440. The number of fused-ring (bicyclic) bond motifs is 1. The predicted octanol–water partition coefficient (Wildman–Crippen LogP) is 5.18. The normalized spacial score (nSPS) is 16.4. The summed E-state index contributed by atoms with van der Waals surface area (Å²) in [7, 11) is -3.29. The number of carboxylic acids is 1. The second-order valence-corrected chi connectivity index (χ2v) is 11.3. The van der Waals surface area contributed by atoms with Gasteiger partial charge in [-0.1, -0.05) is 6.92 Å². The number of nitrogens with one attached hydrogen (secondary N) is 1. The number of sulfonamides is 1. The third-order valence-corrected chi connectivity index (χ3v) is 8.04. The molecule has 220 valence electrons. The van der Waals surface area contributed by atoms with Gasteiger partial charge in [0.25, 0.3) is 10.0 Å². The molecule has 2 aromatic rings. The molecule has 1 aliphatic heterocycles. The molecule has 3 rings (SSSR count). The molecule has 0 aliphatic carbocycles. The molecule has 0 saturated heterocycles. The molecule has 2 N–H and O–H groups in total. The molecule has 0 aromatic heterocycles. The van der Waals surface area contributed by atoms with Crippen LogP contribution in [0.3, 0.4) is 0 Å². The molecule has 40 heavy (non-hydrogen) atoms. The fourth-order valence-electron chi connectivity index (χ4n) is 3.86. The second kappa shape index (κ2) is 11.4. The Hall–Kier alpha value is -3.75. The van der Waals surface area contributed by atoms with Crippen molar-refractivity contribution in [3.05, 3.63) is 42.2 Å². The minimum absolute atomic E-state index is 0.00341. The lowest BCUT2D eigenvalue weighted by molar-refractivity contribution is -0.242. The Balaban J connectivity index is 2.02. The van der Waals surface area contributed by atoms with Gasteiger partial charge in [-0.2, -0.15) is 13.2 Å². The number of hydrogen-bond acceptors (Lipinski definition) is 7. The Kier molecular flexibility index (Phi) is 8.77. The molecule has 1 heterocycles. The van der Waals surface area contributed by atoms with Gasteiger partial charge in [-0.3, -0.25) is 14.4 Å². The molecule has 10 nitrogen and oxygen atoms in total. The molecule has 0 saturated carbocycles. The van der Waals surface area contributed by atoms with Gasteiger partial charge < -0.3 is 19.3 Å². The van der Waals surface area contributed by atoms with Crippen molar-refractivity contribution in [2.24, 2.45) is 5.92 Å². The van der Waals surface area contributed by atoms with Gasteiger partial charge in [-0.15, -0.1) is 0 Å². The third-order valence-electron chi connectivity index (χ3n) is 6.27. The number of benzene rings is 2. The number of carbonyl (C=O) groups is 2. The lowest BCUT2D eigenvalue weighted by Gasteiger charge is -2.36. The zero-order chi connectivity index (χ0) is 30.0. The molecule has 0 bridgehead atoms. The molecular formula is C25H28F4N2O8S. The maximum atomic E-state index is 14.0. The molecule has 2 atom stereocenters. The van der Waals surface area contributed by atoms with E-state index in [1.165, 1.54) is 12.1 Å². The maximum Gasteiger partial charge on any atom is 0.427 e. The van der Waals surface area contributed by atoms with E-state index in [4.69, 9.17) is 9.47 Å². The molecule has 15 heteroatoms. The number of anilines is 2. The highest BCUT2D eigenvalue weighted by atomic mass is 32.2. The number of amides is 1. The third kappa shape index (κ3) is 6.51. The van der Waals surface area contributed by atoms with Gasteiger partial charge in [-0.25, -0.2) is 17.6 Å². The average molecular weight is 593 g/mol. The number of carboxylic acid groups (broad SMARTS) is 1. The average Bonchev–Trinajstić information content (AvgIpc) is 2.85. The topological polar surface area (TPSA) is 131 Å². The Bertz CT molecular complexity index is 1380. The highest BCUT2D eigenvalue weighted by Gasteiger charge is 2.51. The van der Waals surface area contributed by atoms with Gasteiger partial charge in [0.15, 0.2) is 11.6 Å². The van der Waals surface area contributed by atoms with E-state index in [9.17, 15) is 40.7 Å². The number of ether oxygens (including phenoxy) is 3. The highest BCUT2D eigenvalue weighted by Crippen LogP contribution is 2.41. The standard InChI is InChI=1S/C25H28F4N2O8S/c1-5-14(22(32)33)10-16-13-31(40(35,36)17-7-8-18(26)21(12-17)37-4)19-11-15(6-9-20(19)38-16)30-23(34)39-24(2,3)25(27,28)29/h6-9,11-12,14,16H,5,10,13H2,1-4H3,(H,30,34)(H,32,33)/t14-,16+/m1/s1. The van der Waals surface area contributed by atoms with Crippen molar-refractivity contribution in [3.63, 3.8) is 0 Å². The SMILES string of the molecule is CC[C@H](C[C@H]1CN(S(=O)(=O)c2ccc(F)c(OC)c2)c2cc(NC(=O)OC(C)(C)C(F)(F)F)ccc2O1)C(=O)O. The van der Waals surface area contributed by atoms with Crippen molar-refractivity contribution < 1.29 is 54.9 Å². The molecule has 0 spiro atoms. The van der Waals surface area contributed by atoms with Crippen LogP contribution in [0.2, 0.25) is 0 Å². The number of hydrogen-bond donors (Lipinski definition) is 2. The summed E-state index contributed by atoms with van der Waals surface area (Å²) in [4.78, 5) is 23.5. The number of methoxy groups -OCH3 is 1. The molecule has 2 aromatic carbocycles. The summed E-state index contributed by atoms with van der Waals surface area (Å²) in [6.07, 6.45) is -6.98. The fourth-order valence-corrected chi connectivity index (χ4v) is 5.37. The first-order chi connectivity index (χ1) is 18.5. The van der Waals surface area contributed by atoms with Crippen molar-refractivity contribution in [3.8, 4) is 11.5 Å². The monoisotopic (exact) mass is 592 g/mol. The summed E-state index contributed by atoms with van der Waals surface area (Å²) in [6.45, 7) is 2.64. The van der Waals surface area contributed by atoms with E-state index in [1.807, 2.05) is 0 Å². The van der Waals surface area contributed by atoms with Crippen LogP contribution in [-0.4, -0.2) is 57.1 Å². The van der Waals surface area contributed by atoms with Crippen molar-refractivity contribution in [1.82, 2.24) is 0 Å². The van der Waals surface area contributed by atoms with Crippen molar-refractivity contribution in [2.45, 2.75) is 56.4 Å². The van der Waals surface area contributed by atoms with Crippen LogP contribution in [0.25, 0.3) is 0 Å². The van der Waals surface area contributed by atoms with Crippen LogP contribution in [-0.2, 0) is 19.6 Å². The predicted molar refractivity (Wildman–Crippen MR) is 135 cm³/mol. The Morgan fingerprint density at radius 2 is 1.88 bits per heavy atom. The van der Waals surface area contributed by atoms with E-state index >= 15 is 0 Å². The van der Waals surface area contributed by atoms with E-state index < -0.39 is 51.7 Å². The Morgan fingerprint density at radius 1 is 1.20 bits per heavy atom. The largest absolute Gasteiger partial charge is 0.494 e. The van der Waals surface area contributed by atoms with Gasteiger partial charge >= 0.3 is 18.2 Å². The Morgan fingerprint density at radius 3 is 2.45 bits per heavy atom. The van der Waals surface area contributed by atoms with E-state index in [-0.39, 0.29) is 47.2 Å². The van der Waals surface area contributed by atoms with Crippen LogP contribution >= 0.6 is 0 Å². The van der Waals surface area contributed by atoms with E-state index in [0.29, 0.717) is 13.8 Å². The van der Waals surface area contributed by atoms with Crippen molar-refractivity contribution in [2.75, 3.05) is 23.3 Å². The molecule has 1 aliphatic rings. The summed E-state index contributed by atoms with van der Waals surface area (Å²) in [5.74, 6) is -3.07. The summed E-state index contributed by atoms with van der Waals surface area (Å²) in [5.41, 5.74) is -3.02. The van der Waals surface area contributed by atoms with Gasteiger partial charge in [0.05, 0.1) is 30.2 Å². The number of halogens is 4.